The molecule has 0 unspecified atom stereocenters. The lowest BCUT2D eigenvalue weighted by Gasteiger charge is -2.55. The van der Waals surface area contributed by atoms with E-state index < -0.39 is 0 Å². The molecule has 2 heterocycles. The Morgan fingerprint density at radius 1 is 1.36 bits per heavy atom. The highest BCUT2D eigenvalue weighted by Gasteiger charge is 2.50. The summed E-state index contributed by atoms with van der Waals surface area (Å²) in [4.78, 5) is 16.8. The van der Waals surface area contributed by atoms with Crippen LogP contribution in [-0.4, -0.2) is 67.2 Å². The third-order valence-electron chi connectivity index (χ3n) is 5.54. The van der Waals surface area contributed by atoms with E-state index in [1.165, 1.54) is 18.9 Å². The normalized spacial score (nSPS) is 26.4. The highest BCUT2D eigenvalue weighted by Crippen LogP contribution is 2.36. The van der Waals surface area contributed by atoms with E-state index >= 15 is 0 Å². The van der Waals surface area contributed by atoms with Gasteiger partial charge in [-0.2, -0.15) is 0 Å². The Hall–Kier alpha value is -1.50. The molecule has 25 heavy (non-hydrogen) atoms. The molecule has 4 rings (SSSR count). The van der Waals surface area contributed by atoms with E-state index in [1.807, 2.05) is 6.07 Å². The first-order chi connectivity index (χ1) is 12.1. The zero-order valence-electron chi connectivity index (χ0n) is 14.7. The number of likely N-dealkylation sites (N-methyl/N-ethyl adjacent to an activating group) is 1. The van der Waals surface area contributed by atoms with Crippen molar-refractivity contribution in [3.63, 3.8) is 0 Å². The van der Waals surface area contributed by atoms with Crippen molar-refractivity contribution in [2.24, 2.45) is 5.92 Å². The average Bonchev–Trinajstić information content (AvgIpc) is 3.37. The average molecular weight is 347 g/mol. The van der Waals surface area contributed by atoms with Gasteiger partial charge < -0.3 is 10.1 Å². The number of morpholine rings is 1. The zero-order chi connectivity index (χ0) is 17.4. The molecule has 6 heteroatoms. The summed E-state index contributed by atoms with van der Waals surface area (Å²) in [6.07, 6.45) is 2.55. The van der Waals surface area contributed by atoms with E-state index in [0.717, 1.165) is 44.2 Å². The summed E-state index contributed by atoms with van der Waals surface area (Å²) < 4.78 is 19.5. The number of rotatable bonds is 5. The van der Waals surface area contributed by atoms with Crippen molar-refractivity contribution in [3.8, 4) is 0 Å². The van der Waals surface area contributed by atoms with Crippen LogP contribution in [0.15, 0.2) is 24.3 Å². The van der Waals surface area contributed by atoms with Crippen LogP contribution in [0.2, 0.25) is 0 Å². The van der Waals surface area contributed by atoms with Gasteiger partial charge in [-0.3, -0.25) is 14.6 Å². The van der Waals surface area contributed by atoms with Crippen LogP contribution in [0.1, 0.15) is 18.4 Å². The van der Waals surface area contributed by atoms with Gasteiger partial charge in [0.2, 0.25) is 5.91 Å². The number of amides is 1. The molecular weight excluding hydrogens is 321 g/mol. The van der Waals surface area contributed by atoms with Gasteiger partial charge in [0, 0.05) is 39.8 Å². The van der Waals surface area contributed by atoms with Crippen molar-refractivity contribution < 1.29 is 13.9 Å². The minimum atomic E-state index is -0.189. The van der Waals surface area contributed by atoms with Crippen molar-refractivity contribution in [2.75, 3.05) is 39.8 Å². The Labute approximate surface area is 148 Å². The fourth-order valence-corrected chi connectivity index (χ4v) is 4.08. The molecule has 1 aromatic carbocycles. The molecule has 3 fully saturated rings. The molecule has 1 aromatic rings. The molecule has 0 bridgehead atoms. The van der Waals surface area contributed by atoms with Crippen molar-refractivity contribution in [3.05, 3.63) is 35.6 Å². The molecule has 0 aromatic heterocycles. The number of carbonyl (C=O) groups excluding carboxylic acids is 1. The maximum absolute atomic E-state index is 13.3. The summed E-state index contributed by atoms with van der Waals surface area (Å²) in [6.45, 7) is 4.68. The van der Waals surface area contributed by atoms with Crippen LogP contribution in [0.25, 0.3) is 0 Å². The van der Waals surface area contributed by atoms with Crippen molar-refractivity contribution in [1.82, 2.24) is 15.1 Å². The van der Waals surface area contributed by atoms with Gasteiger partial charge in [-0.25, -0.2) is 4.39 Å². The first kappa shape index (κ1) is 16.9. The summed E-state index contributed by atoms with van der Waals surface area (Å²) in [5, 5.41) is 2.76. The molecule has 1 N–H and O–H groups in total. The molecule has 1 saturated carbocycles. The van der Waals surface area contributed by atoms with Crippen LogP contribution in [0.4, 0.5) is 4.39 Å². The number of carbonyl (C=O) groups is 1. The summed E-state index contributed by atoms with van der Waals surface area (Å²) in [6, 6.07) is 6.60. The number of hydrogen-bond acceptors (Lipinski definition) is 4. The number of nitrogens with zero attached hydrogens (tertiary/aromatic N) is 2. The van der Waals surface area contributed by atoms with E-state index in [2.05, 4.69) is 15.1 Å². The van der Waals surface area contributed by atoms with Crippen molar-refractivity contribution >= 4 is 5.91 Å². The second-order valence-corrected chi connectivity index (χ2v) is 7.77. The molecule has 3 aliphatic rings. The van der Waals surface area contributed by atoms with Crippen molar-refractivity contribution in [2.45, 2.75) is 31.0 Å². The van der Waals surface area contributed by atoms with Crippen LogP contribution < -0.4 is 5.32 Å². The summed E-state index contributed by atoms with van der Waals surface area (Å²) in [5.41, 5.74) is 0.816. The molecule has 2 saturated heterocycles. The molecule has 5 nitrogen and oxygen atoms in total. The van der Waals surface area contributed by atoms with Crippen LogP contribution >= 0.6 is 0 Å². The lowest BCUT2D eigenvalue weighted by Crippen LogP contribution is -2.72. The molecular formula is C19H26FN3O2. The third kappa shape index (κ3) is 3.71. The predicted molar refractivity (Wildman–Crippen MR) is 92.5 cm³/mol. The minimum Gasteiger partial charge on any atom is -0.369 e. The van der Waals surface area contributed by atoms with Crippen LogP contribution in [0.3, 0.4) is 0 Å². The number of benzene rings is 1. The molecule has 1 spiro atoms. The highest BCUT2D eigenvalue weighted by molar-refractivity contribution is 5.81. The van der Waals surface area contributed by atoms with Gasteiger partial charge in [0.1, 0.15) is 17.5 Å². The second-order valence-electron chi connectivity index (χ2n) is 7.77. The lowest BCUT2D eigenvalue weighted by atomic mass is 9.89. The van der Waals surface area contributed by atoms with Gasteiger partial charge >= 0.3 is 0 Å². The van der Waals surface area contributed by atoms with Crippen LogP contribution in [-0.2, 0) is 16.1 Å². The number of ether oxygens (including phenoxy) is 1. The Morgan fingerprint density at radius 3 is 2.84 bits per heavy atom. The van der Waals surface area contributed by atoms with Crippen LogP contribution in [0, 0.1) is 11.7 Å². The van der Waals surface area contributed by atoms with E-state index in [1.54, 1.807) is 19.2 Å². The van der Waals surface area contributed by atoms with Crippen molar-refractivity contribution in [1.29, 1.82) is 0 Å². The quantitative estimate of drug-likeness (QED) is 0.870. The molecule has 2 aliphatic heterocycles. The maximum Gasteiger partial charge on any atom is 0.239 e. The standard InChI is InChI=1S/C19H26FN3O2/c1-21-18(24)17-10-25-19(13-23(17)9-14-5-6-14)11-22(12-19)8-15-3-2-4-16(20)7-15/h2-4,7,14,17H,5-6,8-13H2,1H3,(H,21,24)/t17-/m1/s1. The van der Waals surface area contributed by atoms with E-state index in [-0.39, 0.29) is 23.4 Å². The molecule has 136 valence electrons. The Kier molecular flexibility index (Phi) is 4.52. The monoisotopic (exact) mass is 347 g/mol. The van der Waals surface area contributed by atoms with Gasteiger partial charge in [0.15, 0.2) is 0 Å². The van der Waals surface area contributed by atoms with E-state index in [0.29, 0.717) is 6.61 Å². The number of likely N-dealkylation sites (tertiary alicyclic amines) is 1. The molecule has 0 radical (unpaired) electrons. The lowest BCUT2D eigenvalue weighted by molar-refractivity contribution is -0.203. The summed E-state index contributed by atoms with van der Waals surface area (Å²) in [5.74, 6) is 0.600. The second kappa shape index (κ2) is 6.67. The predicted octanol–water partition coefficient (Wildman–Crippen LogP) is 1.24. The summed E-state index contributed by atoms with van der Waals surface area (Å²) in [7, 11) is 1.69. The Balaban J connectivity index is 1.36. The Morgan fingerprint density at radius 2 is 2.16 bits per heavy atom. The fraction of sp³-hybridized carbons (Fsp3) is 0.632. The van der Waals surface area contributed by atoms with Gasteiger partial charge in [-0.05, 0) is 36.5 Å². The van der Waals surface area contributed by atoms with E-state index in [9.17, 15) is 9.18 Å². The smallest absolute Gasteiger partial charge is 0.239 e. The van der Waals surface area contributed by atoms with Gasteiger partial charge in [0.05, 0.1) is 6.61 Å². The van der Waals surface area contributed by atoms with Gasteiger partial charge in [-0.1, -0.05) is 12.1 Å². The molecule has 1 amide bonds. The minimum absolute atomic E-state index is 0.0476. The zero-order valence-corrected chi connectivity index (χ0v) is 14.7. The third-order valence-corrected chi connectivity index (χ3v) is 5.54. The van der Waals surface area contributed by atoms with Gasteiger partial charge in [-0.15, -0.1) is 0 Å². The summed E-state index contributed by atoms with van der Waals surface area (Å²) >= 11 is 0. The first-order valence-electron chi connectivity index (χ1n) is 9.13. The number of halogens is 1. The first-order valence-corrected chi connectivity index (χ1v) is 9.13. The number of nitrogens with one attached hydrogen (secondary N) is 1. The number of hydrogen-bond donors (Lipinski definition) is 1. The SMILES string of the molecule is CNC(=O)[C@H]1COC2(CN(Cc3cccc(F)c3)C2)CN1CC1CC1. The Bertz CT molecular complexity index is 643. The highest BCUT2D eigenvalue weighted by atomic mass is 19.1. The molecule has 1 aliphatic carbocycles. The topological polar surface area (TPSA) is 44.8 Å². The van der Waals surface area contributed by atoms with Crippen LogP contribution in [0.5, 0.6) is 0 Å². The van der Waals surface area contributed by atoms with Gasteiger partial charge in [0.25, 0.3) is 0 Å². The molecule has 1 atom stereocenters. The maximum atomic E-state index is 13.3. The largest absolute Gasteiger partial charge is 0.369 e. The van der Waals surface area contributed by atoms with E-state index in [4.69, 9.17) is 4.74 Å². The fourth-order valence-electron chi connectivity index (χ4n) is 4.08.